The Labute approximate surface area is 84.4 Å². The van der Waals surface area contributed by atoms with E-state index in [4.69, 9.17) is 0 Å². The fraction of sp³-hybridized carbons (Fsp3) is 0.600. The third kappa shape index (κ3) is 4.41. The molecule has 2 nitrogen and oxygen atoms in total. The van der Waals surface area contributed by atoms with Crippen LogP contribution in [0.1, 0.15) is 11.8 Å². The molecule has 0 saturated heterocycles. The molecule has 74 valence electrons. The van der Waals surface area contributed by atoms with Gasteiger partial charge in [-0.1, -0.05) is 13.0 Å². The zero-order valence-corrected chi connectivity index (χ0v) is 9.16. The smallest absolute Gasteiger partial charge is 0.0299 e. The van der Waals surface area contributed by atoms with E-state index in [0.29, 0.717) is 5.92 Å². The highest BCUT2D eigenvalue weighted by Crippen LogP contribution is 2.07. The molecule has 0 aliphatic heterocycles. The third-order valence-corrected chi connectivity index (χ3v) is 2.80. The molecule has 0 bridgehead atoms. The van der Waals surface area contributed by atoms with Gasteiger partial charge in [0.25, 0.3) is 0 Å². The highest BCUT2D eigenvalue weighted by molar-refractivity contribution is 7.09. The molecule has 0 aliphatic carbocycles. The second kappa shape index (κ2) is 6.13. The summed E-state index contributed by atoms with van der Waals surface area (Å²) in [7, 11) is 2.00. The lowest BCUT2D eigenvalue weighted by atomic mass is 10.2. The minimum atomic E-state index is 0.699. The first kappa shape index (κ1) is 10.7. The van der Waals surface area contributed by atoms with Gasteiger partial charge < -0.3 is 10.6 Å². The fourth-order valence-electron chi connectivity index (χ4n) is 1.28. The van der Waals surface area contributed by atoms with Gasteiger partial charge in [0.15, 0.2) is 0 Å². The van der Waals surface area contributed by atoms with Gasteiger partial charge >= 0.3 is 0 Å². The van der Waals surface area contributed by atoms with E-state index in [1.54, 1.807) is 0 Å². The van der Waals surface area contributed by atoms with Crippen LogP contribution in [0.3, 0.4) is 0 Å². The van der Waals surface area contributed by atoms with Gasteiger partial charge in [0.05, 0.1) is 0 Å². The predicted molar refractivity (Wildman–Crippen MR) is 59.1 cm³/mol. The van der Waals surface area contributed by atoms with Crippen molar-refractivity contribution in [3.8, 4) is 0 Å². The molecule has 2 N–H and O–H groups in total. The summed E-state index contributed by atoms with van der Waals surface area (Å²) in [4.78, 5) is 1.41. The van der Waals surface area contributed by atoms with Crippen LogP contribution < -0.4 is 10.6 Å². The van der Waals surface area contributed by atoms with Crippen molar-refractivity contribution in [2.24, 2.45) is 5.92 Å². The first-order valence-electron chi connectivity index (χ1n) is 4.70. The number of nitrogens with one attached hydrogen (secondary N) is 2. The van der Waals surface area contributed by atoms with Gasteiger partial charge in [0.1, 0.15) is 0 Å². The van der Waals surface area contributed by atoms with Crippen molar-refractivity contribution in [2.45, 2.75) is 13.5 Å². The van der Waals surface area contributed by atoms with Crippen LogP contribution in [0, 0.1) is 5.92 Å². The normalized spacial score (nSPS) is 13.1. The Bertz CT molecular complexity index is 209. The minimum Gasteiger partial charge on any atom is -0.319 e. The molecule has 1 rings (SSSR count). The Morgan fingerprint density at radius 3 is 2.92 bits per heavy atom. The molecule has 0 radical (unpaired) electrons. The Morgan fingerprint density at radius 2 is 2.31 bits per heavy atom. The van der Waals surface area contributed by atoms with Gasteiger partial charge in [-0.2, -0.15) is 0 Å². The molecule has 0 fully saturated rings. The Hall–Kier alpha value is -0.380. The highest BCUT2D eigenvalue weighted by atomic mass is 32.1. The van der Waals surface area contributed by atoms with Crippen LogP contribution in [0.5, 0.6) is 0 Å². The first-order chi connectivity index (χ1) is 6.33. The maximum Gasteiger partial charge on any atom is 0.0299 e. The minimum absolute atomic E-state index is 0.699. The lowest BCUT2D eigenvalue weighted by Gasteiger charge is -2.10. The summed E-state index contributed by atoms with van der Waals surface area (Å²) in [5.74, 6) is 0.699. The summed E-state index contributed by atoms with van der Waals surface area (Å²) in [5, 5.41) is 8.74. The molecule has 0 amide bonds. The van der Waals surface area contributed by atoms with Crippen molar-refractivity contribution >= 4 is 11.3 Å². The van der Waals surface area contributed by atoms with Crippen molar-refractivity contribution in [2.75, 3.05) is 20.1 Å². The summed E-state index contributed by atoms with van der Waals surface area (Å²) in [6.45, 7) is 5.42. The van der Waals surface area contributed by atoms with Crippen LogP contribution in [0.4, 0.5) is 0 Å². The summed E-state index contributed by atoms with van der Waals surface area (Å²) in [5.41, 5.74) is 0. The standard InChI is InChI=1S/C10H18N2S/c1-9(6-11-2)7-12-8-10-4-3-5-13-10/h3-5,9,11-12H,6-8H2,1-2H3. The van der Waals surface area contributed by atoms with Crippen LogP contribution in [-0.4, -0.2) is 20.1 Å². The quantitative estimate of drug-likeness (QED) is 0.727. The van der Waals surface area contributed by atoms with Crippen LogP contribution in [0.2, 0.25) is 0 Å². The number of hydrogen-bond donors (Lipinski definition) is 2. The summed E-state index contributed by atoms with van der Waals surface area (Å²) >= 11 is 1.81. The van der Waals surface area contributed by atoms with E-state index in [1.807, 2.05) is 18.4 Å². The molecular weight excluding hydrogens is 180 g/mol. The number of hydrogen-bond acceptors (Lipinski definition) is 3. The van der Waals surface area contributed by atoms with Gasteiger partial charge in [-0.25, -0.2) is 0 Å². The van der Waals surface area contributed by atoms with Crippen molar-refractivity contribution in [1.29, 1.82) is 0 Å². The predicted octanol–water partition coefficient (Wildman–Crippen LogP) is 1.69. The molecule has 0 aliphatic rings. The van der Waals surface area contributed by atoms with E-state index in [-0.39, 0.29) is 0 Å². The average molecular weight is 198 g/mol. The molecule has 13 heavy (non-hydrogen) atoms. The first-order valence-corrected chi connectivity index (χ1v) is 5.58. The summed E-state index contributed by atoms with van der Waals surface area (Å²) < 4.78 is 0. The molecule has 0 saturated carbocycles. The lowest BCUT2D eigenvalue weighted by molar-refractivity contribution is 0.493. The van der Waals surface area contributed by atoms with Crippen LogP contribution in [0.25, 0.3) is 0 Å². The van der Waals surface area contributed by atoms with Gasteiger partial charge in [-0.15, -0.1) is 11.3 Å². The topological polar surface area (TPSA) is 24.1 Å². The van der Waals surface area contributed by atoms with Crippen molar-refractivity contribution in [1.82, 2.24) is 10.6 Å². The monoisotopic (exact) mass is 198 g/mol. The molecule has 1 unspecified atom stereocenters. The molecule has 3 heteroatoms. The zero-order valence-electron chi connectivity index (χ0n) is 8.34. The maximum atomic E-state index is 3.44. The van der Waals surface area contributed by atoms with E-state index in [1.165, 1.54) is 4.88 Å². The van der Waals surface area contributed by atoms with E-state index in [0.717, 1.165) is 19.6 Å². The average Bonchev–Trinajstić information content (AvgIpc) is 2.57. The van der Waals surface area contributed by atoms with Crippen LogP contribution in [-0.2, 0) is 6.54 Å². The molecule has 1 heterocycles. The molecule has 1 atom stereocenters. The summed E-state index contributed by atoms with van der Waals surface area (Å²) in [6, 6.07) is 4.26. The van der Waals surface area contributed by atoms with E-state index in [2.05, 4.69) is 35.1 Å². The van der Waals surface area contributed by atoms with Gasteiger partial charge in [-0.3, -0.25) is 0 Å². The van der Waals surface area contributed by atoms with Crippen molar-refractivity contribution in [3.05, 3.63) is 22.4 Å². The maximum absolute atomic E-state index is 3.44. The Morgan fingerprint density at radius 1 is 1.46 bits per heavy atom. The zero-order chi connectivity index (χ0) is 9.52. The second-order valence-corrected chi connectivity index (χ2v) is 4.41. The lowest BCUT2D eigenvalue weighted by Crippen LogP contribution is -2.27. The third-order valence-electron chi connectivity index (χ3n) is 1.92. The van der Waals surface area contributed by atoms with E-state index < -0.39 is 0 Å². The summed E-state index contributed by atoms with van der Waals surface area (Å²) in [6.07, 6.45) is 0. The number of rotatable bonds is 6. The largest absolute Gasteiger partial charge is 0.319 e. The van der Waals surface area contributed by atoms with E-state index in [9.17, 15) is 0 Å². The van der Waals surface area contributed by atoms with Gasteiger partial charge in [0.2, 0.25) is 0 Å². The van der Waals surface area contributed by atoms with Gasteiger partial charge in [-0.05, 0) is 37.5 Å². The second-order valence-electron chi connectivity index (χ2n) is 3.37. The molecule has 1 aromatic heterocycles. The Balaban J connectivity index is 2.07. The van der Waals surface area contributed by atoms with Crippen LogP contribution >= 0.6 is 11.3 Å². The Kier molecular flexibility index (Phi) is 5.05. The molecular formula is C10H18N2S. The van der Waals surface area contributed by atoms with Crippen molar-refractivity contribution < 1.29 is 0 Å². The van der Waals surface area contributed by atoms with Gasteiger partial charge in [0, 0.05) is 11.4 Å². The van der Waals surface area contributed by atoms with E-state index >= 15 is 0 Å². The number of thiophene rings is 1. The van der Waals surface area contributed by atoms with Crippen molar-refractivity contribution in [3.63, 3.8) is 0 Å². The SMILES string of the molecule is CNCC(C)CNCc1cccs1. The molecule has 0 aromatic carbocycles. The van der Waals surface area contributed by atoms with Crippen LogP contribution in [0.15, 0.2) is 17.5 Å². The highest BCUT2D eigenvalue weighted by Gasteiger charge is 1.99. The molecule has 1 aromatic rings. The fourth-order valence-corrected chi connectivity index (χ4v) is 1.95. The molecule has 0 spiro atoms.